The fourth-order valence-corrected chi connectivity index (χ4v) is 2.70. The van der Waals surface area contributed by atoms with Gasteiger partial charge in [0.05, 0.1) is 13.1 Å². The van der Waals surface area contributed by atoms with E-state index >= 15 is 0 Å². The van der Waals surface area contributed by atoms with E-state index in [1.165, 1.54) is 5.56 Å². The maximum Gasteiger partial charge on any atom is 0.136 e. The molecule has 0 saturated carbocycles. The molecule has 1 fully saturated rings. The Kier molecular flexibility index (Phi) is 4.32. The number of hydrogen-bond donors (Lipinski definition) is 1. The van der Waals surface area contributed by atoms with Crippen molar-refractivity contribution in [3.05, 3.63) is 35.9 Å². The van der Waals surface area contributed by atoms with Crippen LogP contribution >= 0.6 is 0 Å². The lowest BCUT2D eigenvalue weighted by molar-refractivity contribution is -0.919. The van der Waals surface area contributed by atoms with Gasteiger partial charge in [0.1, 0.15) is 12.3 Å². The molecular weight excluding hydrogens is 210 g/mol. The fraction of sp³-hybridized carbons (Fsp3) is 0.533. The molecule has 17 heavy (non-hydrogen) atoms. The summed E-state index contributed by atoms with van der Waals surface area (Å²) in [5.74, 6) is 0.809. The molecule has 1 aliphatic rings. The van der Waals surface area contributed by atoms with Gasteiger partial charge in [-0.15, -0.1) is 0 Å². The van der Waals surface area contributed by atoms with E-state index in [0.29, 0.717) is 18.1 Å². The van der Waals surface area contributed by atoms with Crippen molar-refractivity contribution < 1.29 is 9.69 Å². The summed E-state index contributed by atoms with van der Waals surface area (Å²) in [5.41, 5.74) is 1.41. The summed E-state index contributed by atoms with van der Waals surface area (Å²) < 4.78 is 0. The normalized spacial score (nSPS) is 24.5. The zero-order valence-electron chi connectivity index (χ0n) is 10.6. The highest BCUT2D eigenvalue weighted by atomic mass is 16.1. The summed E-state index contributed by atoms with van der Waals surface area (Å²) in [4.78, 5) is 13.2. The second-order valence-electron chi connectivity index (χ2n) is 5.01. The first-order chi connectivity index (χ1) is 8.29. The maximum atomic E-state index is 11.6. The first kappa shape index (κ1) is 12.3. The maximum absolute atomic E-state index is 11.6. The van der Waals surface area contributed by atoms with Gasteiger partial charge in [-0.3, -0.25) is 4.79 Å². The molecule has 1 aliphatic heterocycles. The molecule has 0 atom stereocenters. The van der Waals surface area contributed by atoms with Crippen LogP contribution in [0.3, 0.4) is 0 Å². The van der Waals surface area contributed by atoms with Crippen LogP contribution in [0.4, 0.5) is 0 Å². The number of carbonyl (C=O) groups excluding carboxylic acids is 1. The lowest BCUT2D eigenvalue weighted by atomic mass is 9.91. The third-order valence-corrected chi connectivity index (χ3v) is 3.79. The highest BCUT2D eigenvalue weighted by Gasteiger charge is 2.25. The van der Waals surface area contributed by atoms with Gasteiger partial charge < -0.3 is 4.90 Å². The van der Waals surface area contributed by atoms with Gasteiger partial charge in [0.25, 0.3) is 0 Å². The number of ketones is 1. The van der Waals surface area contributed by atoms with E-state index in [0.717, 1.165) is 32.5 Å². The van der Waals surface area contributed by atoms with Crippen molar-refractivity contribution in [1.82, 2.24) is 0 Å². The fourth-order valence-electron chi connectivity index (χ4n) is 2.70. The molecule has 0 spiro atoms. The number of carbonyl (C=O) groups is 1. The SMILES string of the molecule is CCC(=O)C1CC[NH+](Cc2ccccc2)CC1. The summed E-state index contributed by atoms with van der Waals surface area (Å²) in [6.45, 7) is 5.37. The number of piperidine rings is 1. The number of quaternary nitrogens is 1. The Morgan fingerprint density at radius 1 is 1.24 bits per heavy atom. The Bertz CT molecular complexity index is 352. The van der Waals surface area contributed by atoms with Gasteiger partial charge >= 0.3 is 0 Å². The summed E-state index contributed by atoms with van der Waals surface area (Å²) in [6.07, 6.45) is 2.86. The van der Waals surface area contributed by atoms with Gasteiger partial charge in [0, 0.05) is 30.7 Å². The average Bonchev–Trinajstić information content (AvgIpc) is 2.40. The molecular formula is C15H22NO+. The van der Waals surface area contributed by atoms with E-state index in [2.05, 4.69) is 30.3 Å². The van der Waals surface area contributed by atoms with Crippen LogP contribution in [0, 0.1) is 5.92 Å². The van der Waals surface area contributed by atoms with E-state index in [1.807, 2.05) is 6.92 Å². The molecule has 1 aromatic carbocycles. The predicted molar refractivity (Wildman–Crippen MR) is 68.9 cm³/mol. The minimum atomic E-state index is 0.347. The topological polar surface area (TPSA) is 21.5 Å². The van der Waals surface area contributed by atoms with Crippen molar-refractivity contribution in [2.75, 3.05) is 13.1 Å². The number of Topliss-reactive ketones (excluding diaryl/α,β-unsaturated/α-hetero) is 1. The van der Waals surface area contributed by atoms with Crippen LogP contribution in [0.2, 0.25) is 0 Å². The van der Waals surface area contributed by atoms with Crippen LogP contribution in [0.1, 0.15) is 31.7 Å². The summed E-state index contributed by atoms with van der Waals surface area (Å²) >= 11 is 0. The van der Waals surface area contributed by atoms with Gasteiger partial charge in [-0.1, -0.05) is 37.3 Å². The minimum Gasteiger partial charge on any atom is -0.331 e. The molecule has 2 heteroatoms. The van der Waals surface area contributed by atoms with E-state index in [1.54, 1.807) is 4.90 Å². The highest BCUT2D eigenvalue weighted by molar-refractivity contribution is 5.80. The summed E-state index contributed by atoms with van der Waals surface area (Å²) in [6, 6.07) is 10.6. The monoisotopic (exact) mass is 232 g/mol. The second kappa shape index (κ2) is 5.97. The van der Waals surface area contributed by atoms with Crippen LogP contribution in [0.15, 0.2) is 30.3 Å². The summed E-state index contributed by atoms with van der Waals surface area (Å²) in [7, 11) is 0. The number of hydrogen-bond acceptors (Lipinski definition) is 1. The molecule has 1 aromatic rings. The quantitative estimate of drug-likeness (QED) is 0.834. The zero-order valence-corrected chi connectivity index (χ0v) is 10.6. The smallest absolute Gasteiger partial charge is 0.136 e. The highest BCUT2D eigenvalue weighted by Crippen LogP contribution is 2.12. The number of rotatable bonds is 4. The van der Waals surface area contributed by atoms with Gasteiger partial charge in [-0.05, 0) is 0 Å². The predicted octanol–water partition coefficient (Wildman–Crippen LogP) is 1.46. The Labute approximate surface area is 104 Å². The minimum absolute atomic E-state index is 0.347. The van der Waals surface area contributed by atoms with Crippen molar-refractivity contribution >= 4 is 5.78 Å². The molecule has 1 heterocycles. The molecule has 0 bridgehead atoms. The van der Waals surface area contributed by atoms with E-state index in [4.69, 9.17) is 0 Å². The number of nitrogens with one attached hydrogen (secondary N) is 1. The van der Waals surface area contributed by atoms with Gasteiger partial charge in [0.15, 0.2) is 0 Å². The van der Waals surface area contributed by atoms with E-state index in [9.17, 15) is 4.79 Å². The van der Waals surface area contributed by atoms with E-state index < -0.39 is 0 Å². The van der Waals surface area contributed by atoms with Gasteiger partial charge in [0.2, 0.25) is 0 Å². The second-order valence-corrected chi connectivity index (χ2v) is 5.01. The molecule has 92 valence electrons. The lowest BCUT2D eigenvalue weighted by Gasteiger charge is -2.28. The standard InChI is InChI=1S/C15H21NO/c1-2-15(17)14-8-10-16(11-9-14)12-13-6-4-3-5-7-13/h3-7,14H,2,8-12H2,1H3/p+1. The third-order valence-electron chi connectivity index (χ3n) is 3.79. The molecule has 1 N–H and O–H groups in total. The van der Waals surface area contributed by atoms with Crippen LogP contribution in [-0.4, -0.2) is 18.9 Å². The lowest BCUT2D eigenvalue weighted by Crippen LogP contribution is -3.11. The number of benzene rings is 1. The Morgan fingerprint density at radius 2 is 1.88 bits per heavy atom. The van der Waals surface area contributed by atoms with Crippen LogP contribution in [-0.2, 0) is 11.3 Å². The average molecular weight is 232 g/mol. The summed E-state index contributed by atoms with van der Waals surface area (Å²) in [5, 5.41) is 0. The van der Waals surface area contributed by atoms with Crippen LogP contribution in [0.5, 0.6) is 0 Å². The largest absolute Gasteiger partial charge is 0.331 e. The molecule has 1 saturated heterocycles. The van der Waals surface area contributed by atoms with Crippen molar-refractivity contribution in [2.24, 2.45) is 5.92 Å². The van der Waals surface area contributed by atoms with Crippen LogP contribution in [0.25, 0.3) is 0 Å². The molecule has 0 amide bonds. The molecule has 0 radical (unpaired) electrons. The Balaban J connectivity index is 1.82. The van der Waals surface area contributed by atoms with E-state index in [-0.39, 0.29) is 0 Å². The Hall–Kier alpha value is -1.15. The molecule has 0 aromatic heterocycles. The van der Waals surface area contributed by atoms with Crippen molar-refractivity contribution in [3.8, 4) is 0 Å². The zero-order chi connectivity index (χ0) is 12.1. The first-order valence-electron chi connectivity index (χ1n) is 6.69. The third kappa shape index (κ3) is 3.40. The molecule has 0 unspecified atom stereocenters. The molecule has 0 aliphatic carbocycles. The number of likely N-dealkylation sites (tertiary alicyclic amines) is 1. The first-order valence-corrected chi connectivity index (χ1v) is 6.69. The van der Waals surface area contributed by atoms with Gasteiger partial charge in [-0.25, -0.2) is 0 Å². The van der Waals surface area contributed by atoms with Crippen LogP contribution < -0.4 is 4.90 Å². The van der Waals surface area contributed by atoms with Crippen molar-refractivity contribution in [2.45, 2.75) is 32.7 Å². The Morgan fingerprint density at radius 3 is 2.47 bits per heavy atom. The van der Waals surface area contributed by atoms with Crippen molar-refractivity contribution in [1.29, 1.82) is 0 Å². The molecule has 2 nitrogen and oxygen atoms in total. The van der Waals surface area contributed by atoms with Gasteiger partial charge in [-0.2, -0.15) is 0 Å². The van der Waals surface area contributed by atoms with Crippen molar-refractivity contribution in [3.63, 3.8) is 0 Å². The molecule has 2 rings (SSSR count).